The molecule has 0 aliphatic rings. The second kappa shape index (κ2) is 9.40. The van der Waals surface area contributed by atoms with Crippen LogP contribution >= 0.6 is 22.9 Å². The molecule has 0 aliphatic heterocycles. The minimum atomic E-state index is -0.689. The van der Waals surface area contributed by atoms with Crippen molar-refractivity contribution in [2.45, 2.75) is 0 Å². The smallest absolute Gasteiger partial charge is 0.358 e. The Morgan fingerprint density at radius 3 is 2.69 bits per heavy atom. The fourth-order valence-corrected chi connectivity index (χ4v) is 3.39. The van der Waals surface area contributed by atoms with Gasteiger partial charge in [0.15, 0.2) is 12.3 Å². The molecule has 7 nitrogen and oxygen atoms in total. The number of aromatic nitrogens is 1. The Balaban J connectivity index is 1.59. The highest BCUT2D eigenvalue weighted by Gasteiger charge is 2.16. The zero-order valence-electron chi connectivity index (χ0n) is 15.6. The van der Waals surface area contributed by atoms with Crippen LogP contribution in [-0.4, -0.2) is 37.7 Å². The number of halogens is 1. The van der Waals surface area contributed by atoms with Gasteiger partial charge in [-0.3, -0.25) is 4.79 Å². The Hall–Kier alpha value is -3.10. The summed E-state index contributed by atoms with van der Waals surface area (Å²) < 4.78 is 15.4. The van der Waals surface area contributed by atoms with Crippen LogP contribution in [0.3, 0.4) is 0 Å². The van der Waals surface area contributed by atoms with E-state index in [1.807, 2.05) is 6.07 Å². The molecule has 0 atom stereocenters. The molecule has 9 heteroatoms. The van der Waals surface area contributed by atoms with Crippen LogP contribution in [0.5, 0.6) is 11.5 Å². The van der Waals surface area contributed by atoms with Gasteiger partial charge >= 0.3 is 5.97 Å². The van der Waals surface area contributed by atoms with Crippen LogP contribution in [0, 0.1) is 0 Å². The SMILES string of the molecule is COc1ccc(NC(=O)COC(=O)c2csc(-c3cccc(Cl)c3)n2)c(OC)c1. The second-order valence-electron chi connectivity index (χ2n) is 5.74. The summed E-state index contributed by atoms with van der Waals surface area (Å²) in [7, 11) is 3.01. The average molecular weight is 433 g/mol. The van der Waals surface area contributed by atoms with Gasteiger partial charge in [0.1, 0.15) is 16.5 Å². The van der Waals surface area contributed by atoms with Crippen LogP contribution in [0.25, 0.3) is 10.6 Å². The van der Waals surface area contributed by atoms with Crippen molar-refractivity contribution < 1.29 is 23.8 Å². The van der Waals surface area contributed by atoms with Gasteiger partial charge in [-0.15, -0.1) is 11.3 Å². The van der Waals surface area contributed by atoms with Gasteiger partial charge in [-0.05, 0) is 24.3 Å². The summed E-state index contributed by atoms with van der Waals surface area (Å²) >= 11 is 7.26. The van der Waals surface area contributed by atoms with E-state index in [4.69, 9.17) is 25.8 Å². The number of methoxy groups -OCH3 is 2. The number of hydrogen-bond donors (Lipinski definition) is 1. The molecule has 150 valence electrons. The van der Waals surface area contributed by atoms with Crippen molar-refractivity contribution in [3.63, 3.8) is 0 Å². The standard InChI is InChI=1S/C20H17ClN2O5S/c1-26-14-6-7-15(17(9-14)27-2)22-18(24)10-28-20(25)16-11-29-19(23-16)12-4-3-5-13(21)8-12/h3-9,11H,10H2,1-2H3,(H,22,24). The third-order valence-electron chi connectivity index (χ3n) is 3.80. The van der Waals surface area contributed by atoms with E-state index in [1.54, 1.807) is 41.8 Å². The number of carbonyl (C=O) groups is 2. The molecular weight excluding hydrogens is 416 g/mol. The molecular formula is C20H17ClN2O5S. The zero-order chi connectivity index (χ0) is 20.8. The van der Waals surface area contributed by atoms with Gasteiger partial charge in [0.25, 0.3) is 5.91 Å². The fourth-order valence-electron chi connectivity index (χ4n) is 2.41. The molecule has 2 aromatic carbocycles. The number of anilines is 1. The van der Waals surface area contributed by atoms with E-state index in [2.05, 4.69) is 10.3 Å². The largest absolute Gasteiger partial charge is 0.497 e. The Morgan fingerprint density at radius 2 is 1.97 bits per heavy atom. The fraction of sp³-hybridized carbons (Fsp3) is 0.150. The average Bonchev–Trinajstić information content (AvgIpc) is 3.23. The lowest BCUT2D eigenvalue weighted by molar-refractivity contribution is -0.119. The van der Waals surface area contributed by atoms with Gasteiger partial charge < -0.3 is 19.5 Å². The molecule has 0 aliphatic carbocycles. The number of ether oxygens (including phenoxy) is 3. The molecule has 0 fully saturated rings. The minimum Gasteiger partial charge on any atom is -0.497 e. The van der Waals surface area contributed by atoms with Crippen molar-refractivity contribution in [2.75, 3.05) is 26.1 Å². The Labute approximate surface area is 176 Å². The van der Waals surface area contributed by atoms with Crippen molar-refractivity contribution in [1.29, 1.82) is 0 Å². The molecule has 3 rings (SSSR count). The first-order valence-electron chi connectivity index (χ1n) is 8.40. The van der Waals surface area contributed by atoms with Crippen LogP contribution < -0.4 is 14.8 Å². The van der Waals surface area contributed by atoms with E-state index >= 15 is 0 Å². The predicted octanol–water partition coefficient (Wildman–Crippen LogP) is 4.28. The molecule has 0 saturated heterocycles. The lowest BCUT2D eigenvalue weighted by atomic mass is 10.2. The highest BCUT2D eigenvalue weighted by atomic mass is 35.5. The van der Waals surface area contributed by atoms with Crippen LogP contribution in [0.4, 0.5) is 5.69 Å². The first-order valence-corrected chi connectivity index (χ1v) is 9.66. The van der Waals surface area contributed by atoms with E-state index in [0.717, 1.165) is 5.56 Å². The van der Waals surface area contributed by atoms with Crippen molar-refractivity contribution in [3.8, 4) is 22.1 Å². The minimum absolute atomic E-state index is 0.125. The molecule has 3 aromatic rings. The Morgan fingerprint density at radius 1 is 1.14 bits per heavy atom. The molecule has 0 radical (unpaired) electrons. The Kier molecular flexibility index (Phi) is 6.69. The third-order valence-corrected chi connectivity index (χ3v) is 4.93. The first-order chi connectivity index (χ1) is 14.0. The summed E-state index contributed by atoms with van der Waals surface area (Å²) in [6, 6.07) is 12.1. The van der Waals surface area contributed by atoms with Crippen LogP contribution in [0.1, 0.15) is 10.5 Å². The number of esters is 1. The van der Waals surface area contributed by atoms with Crippen molar-refractivity contribution in [1.82, 2.24) is 4.98 Å². The van der Waals surface area contributed by atoms with Gasteiger partial charge in [-0.25, -0.2) is 9.78 Å². The van der Waals surface area contributed by atoms with Gasteiger partial charge in [-0.1, -0.05) is 23.7 Å². The number of rotatable bonds is 7. The molecule has 29 heavy (non-hydrogen) atoms. The number of hydrogen-bond acceptors (Lipinski definition) is 7. The van der Waals surface area contributed by atoms with Gasteiger partial charge in [0, 0.05) is 22.0 Å². The summed E-state index contributed by atoms with van der Waals surface area (Å²) in [5.74, 6) is -0.182. The third kappa shape index (κ3) is 5.24. The maximum Gasteiger partial charge on any atom is 0.358 e. The normalized spacial score (nSPS) is 10.3. The van der Waals surface area contributed by atoms with E-state index in [-0.39, 0.29) is 5.69 Å². The van der Waals surface area contributed by atoms with E-state index in [9.17, 15) is 9.59 Å². The summed E-state index contributed by atoms with van der Waals surface area (Å²) in [5.41, 5.74) is 1.36. The molecule has 0 unspecified atom stereocenters. The number of nitrogens with zero attached hydrogens (tertiary/aromatic N) is 1. The van der Waals surface area contributed by atoms with Crippen LogP contribution in [0.15, 0.2) is 47.8 Å². The number of carbonyl (C=O) groups excluding carboxylic acids is 2. The predicted molar refractivity (Wildman–Crippen MR) is 111 cm³/mol. The Bertz CT molecular complexity index is 1040. The summed E-state index contributed by atoms with van der Waals surface area (Å²) in [4.78, 5) is 28.6. The monoisotopic (exact) mass is 432 g/mol. The first kappa shape index (κ1) is 20.6. The van der Waals surface area contributed by atoms with Crippen molar-refractivity contribution in [2.24, 2.45) is 0 Å². The number of benzene rings is 2. The van der Waals surface area contributed by atoms with Crippen LogP contribution in [0.2, 0.25) is 5.02 Å². The molecule has 0 bridgehead atoms. The zero-order valence-corrected chi connectivity index (χ0v) is 17.2. The lowest BCUT2D eigenvalue weighted by Gasteiger charge is -2.11. The number of amides is 1. The van der Waals surface area contributed by atoms with E-state index < -0.39 is 18.5 Å². The molecule has 1 amide bonds. The molecule has 0 spiro atoms. The topological polar surface area (TPSA) is 86.8 Å². The van der Waals surface area contributed by atoms with E-state index in [1.165, 1.54) is 25.6 Å². The van der Waals surface area contributed by atoms with Gasteiger partial charge in [0.05, 0.1) is 19.9 Å². The molecule has 1 aromatic heterocycles. The maximum atomic E-state index is 12.2. The van der Waals surface area contributed by atoms with Crippen molar-refractivity contribution >= 4 is 40.5 Å². The van der Waals surface area contributed by atoms with Gasteiger partial charge in [0.2, 0.25) is 0 Å². The van der Waals surface area contributed by atoms with Crippen LogP contribution in [-0.2, 0) is 9.53 Å². The molecule has 1 N–H and O–H groups in total. The summed E-state index contributed by atoms with van der Waals surface area (Å²) in [6.07, 6.45) is 0. The summed E-state index contributed by atoms with van der Waals surface area (Å²) in [5, 5.41) is 5.41. The van der Waals surface area contributed by atoms with E-state index in [0.29, 0.717) is 27.2 Å². The quantitative estimate of drug-likeness (QED) is 0.561. The van der Waals surface area contributed by atoms with Crippen molar-refractivity contribution in [3.05, 3.63) is 58.6 Å². The number of nitrogens with one attached hydrogen (secondary N) is 1. The number of thiazole rings is 1. The highest BCUT2D eigenvalue weighted by molar-refractivity contribution is 7.13. The molecule has 0 saturated carbocycles. The second-order valence-corrected chi connectivity index (χ2v) is 7.03. The molecule has 1 heterocycles. The lowest BCUT2D eigenvalue weighted by Crippen LogP contribution is -2.21. The van der Waals surface area contributed by atoms with Gasteiger partial charge in [-0.2, -0.15) is 0 Å². The summed E-state index contributed by atoms with van der Waals surface area (Å²) in [6.45, 7) is -0.460. The maximum absolute atomic E-state index is 12.2. The highest BCUT2D eigenvalue weighted by Crippen LogP contribution is 2.29.